The number of ether oxygens (including phenoxy) is 1. The van der Waals surface area contributed by atoms with E-state index in [0.717, 1.165) is 25.7 Å². The van der Waals surface area contributed by atoms with Crippen molar-refractivity contribution in [3.63, 3.8) is 0 Å². The van der Waals surface area contributed by atoms with Crippen LogP contribution in [-0.4, -0.2) is 19.8 Å². The second-order valence-electron chi connectivity index (χ2n) is 5.44. The highest BCUT2D eigenvalue weighted by Crippen LogP contribution is 2.52. The van der Waals surface area contributed by atoms with Crippen LogP contribution in [-0.2, 0) is 4.74 Å². The molecule has 1 saturated heterocycles. The first-order chi connectivity index (χ1) is 6.70. The van der Waals surface area contributed by atoms with Gasteiger partial charge in [0, 0.05) is 5.41 Å². The van der Waals surface area contributed by atoms with E-state index in [-0.39, 0.29) is 0 Å². The average molecular weight is 197 g/mol. The van der Waals surface area contributed by atoms with Crippen LogP contribution in [0.5, 0.6) is 0 Å². The summed E-state index contributed by atoms with van der Waals surface area (Å²) >= 11 is 0. The smallest absolute Gasteiger partial charge is 0.0550 e. The Balaban J connectivity index is 2.08. The van der Waals surface area contributed by atoms with Gasteiger partial charge in [-0.2, -0.15) is 0 Å². The van der Waals surface area contributed by atoms with Crippen LogP contribution >= 0.6 is 0 Å². The second-order valence-corrected chi connectivity index (χ2v) is 5.44. The van der Waals surface area contributed by atoms with Gasteiger partial charge in [-0.3, -0.25) is 0 Å². The monoisotopic (exact) mass is 197 g/mol. The molecule has 2 aliphatic rings. The maximum atomic E-state index is 5.93. The first-order valence-corrected chi connectivity index (χ1v) is 5.98. The zero-order valence-corrected chi connectivity index (χ0v) is 9.46. The first-order valence-electron chi connectivity index (χ1n) is 5.98. The third kappa shape index (κ3) is 1.40. The summed E-state index contributed by atoms with van der Waals surface area (Å²) in [5.41, 5.74) is 6.39. The molecule has 0 aromatic heterocycles. The Hall–Kier alpha value is -0.0800. The van der Waals surface area contributed by atoms with Gasteiger partial charge in [0.05, 0.1) is 13.2 Å². The molecule has 0 aromatic rings. The van der Waals surface area contributed by atoms with Crippen LogP contribution in [0.15, 0.2) is 0 Å². The second kappa shape index (κ2) is 3.82. The normalized spacial score (nSPS) is 28.3. The summed E-state index contributed by atoms with van der Waals surface area (Å²) in [7, 11) is 0. The van der Waals surface area contributed by atoms with Crippen LogP contribution < -0.4 is 5.73 Å². The highest BCUT2D eigenvalue weighted by atomic mass is 16.5. The van der Waals surface area contributed by atoms with Gasteiger partial charge in [0.25, 0.3) is 0 Å². The molecule has 1 atom stereocenters. The standard InChI is InChI=1S/C12H23NO/c1-9(2)11(6-13)12(7-14-8-12)10-4-3-5-10/h9-11H,3-8,13H2,1-2H3. The molecule has 0 radical (unpaired) electrons. The molecule has 2 rings (SSSR count). The van der Waals surface area contributed by atoms with Crippen LogP contribution in [0.3, 0.4) is 0 Å². The molecule has 2 fully saturated rings. The highest BCUT2D eigenvalue weighted by Gasteiger charge is 2.52. The van der Waals surface area contributed by atoms with Gasteiger partial charge < -0.3 is 10.5 Å². The van der Waals surface area contributed by atoms with Crippen molar-refractivity contribution in [3.8, 4) is 0 Å². The molecule has 1 saturated carbocycles. The molecular weight excluding hydrogens is 174 g/mol. The Bertz CT molecular complexity index is 194. The molecule has 2 N–H and O–H groups in total. The van der Waals surface area contributed by atoms with E-state index >= 15 is 0 Å². The van der Waals surface area contributed by atoms with Crippen molar-refractivity contribution in [2.75, 3.05) is 19.8 Å². The zero-order chi connectivity index (χ0) is 10.2. The lowest BCUT2D eigenvalue weighted by Crippen LogP contribution is -2.58. The van der Waals surface area contributed by atoms with Gasteiger partial charge in [-0.05, 0) is 37.1 Å². The first kappa shape index (κ1) is 10.4. The van der Waals surface area contributed by atoms with Crippen molar-refractivity contribution in [1.29, 1.82) is 0 Å². The third-order valence-corrected chi connectivity index (χ3v) is 4.46. The number of hydrogen-bond acceptors (Lipinski definition) is 2. The molecule has 14 heavy (non-hydrogen) atoms. The summed E-state index contributed by atoms with van der Waals surface area (Å²) in [4.78, 5) is 0. The van der Waals surface area contributed by atoms with Gasteiger partial charge in [-0.1, -0.05) is 20.3 Å². The van der Waals surface area contributed by atoms with Crippen molar-refractivity contribution < 1.29 is 4.74 Å². The molecule has 2 heteroatoms. The third-order valence-electron chi connectivity index (χ3n) is 4.46. The van der Waals surface area contributed by atoms with Crippen LogP contribution in [0.25, 0.3) is 0 Å². The summed E-state index contributed by atoms with van der Waals surface area (Å²) in [6.45, 7) is 7.37. The summed E-state index contributed by atoms with van der Waals surface area (Å²) in [6, 6.07) is 0. The van der Waals surface area contributed by atoms with Crippen LogP contribution in [0.2, 0.25) is 0 Å². The Labute approximate surface area is 87.2 Å². The molecule has 0 spiro atoms. The van der Waals surface area contributed by atoms with E-state index in [1.807, 2.05) is 0 Å². The fraction of sp³-hybridized carbons (Fsp3) is 1.00. The fourth-order valence-corrected chi connectivity index (χ4v) is 3.24. The molecule has 0 amide bonds. The van der Waals surface area contributed by atoms with E-state index in [4.69, 9.17) is 10.5 Å². The quantitative estimate of drug-likeness (QED) is 0.748. The SMILES string of the molecule is CC(C)C(CN)C1(C2CCC2)COC1. The van der Waals surface area contributed by atoms with Crippen LogP contribution in [0.1, 0.15) is 33.1 Å². The maximum Gasteiger partial charge on any atom is 0.0550 e. The summed E-state index contributed by atoms with van der Waals surface area (Å²) in [5, 5.41) is 0. The topological polar surface area (TPSA) is 35.2 Å². The lowest BCUT2D eigenvalue weighted by Gasteiger charge is -2.56. The molecule has 1 heterocycles. The molecule has 82 valence electrons. The van der Waals surface area contributed by atoms with Gasteiger partial charge in [0.2, 0.25) is 0 Å². The Morgan fingerprint density at radius 3 is 2.21 bits per heavy atom. The van der Waals surface area contributed by atoms with Gasteiger partial charge in [0.15, 0.2) is 0 Å². The lowest BCUT2D eigenvalue weighted by atomic mass is 9.56. The van der Waals surface area contributed by atoms with Crippen molar-refractivity contribution >= 4 is 0 Å². The van der Waals surface area contributed by atoms with Gasteiger partial charge in [-0.15, -0.1) is 0 Å². The van der Waals surface area contributed by atoms with Gasteiger partial charge in [0.1, 0.15) is 0 Å². The molecule has 1 unspecified atom stereocenters. The molecule has 1 aliphatic carbocycles. The van der Waals surface area contributed by atoms with Crippen molar-refractivity contribution in [2.24, 2.45) is 28.9 Å². The lowest BCUT2D eigenvalue weighted by molar-refractivity contribution is -0.199. The minimum atomic E-state index is 0.459. The van der Waals surface area contributed by atoms with Crippen molar-refractivity contribution in [2.45, 2.75) is 33.1 Å². The number of nitrogens with two attached hydrogens (primary N) is 1. The van der Waals surface area contributed by atoms with E-state index in [9.17, 15) is 0 Å². The number of rotatable bonds is 4. The minimum Gasteiger partial charge on any atom is -0.380 e. The van der Waals surface area contributed by atoms with Crippen LogP contribution in [0, 0.1) is 23.2 Å². The minimum absolute atomic E-state index is 0.459. The Morgan fingerprint density at radius 2 is 2.00 bits per heavy atom. The largest absolute Gasteiger partial charge is 0.380 e. The van der Waals surface area contributed by atoms with E-state index in [0.29, 0.717) is 17.3 Å². The maximum absolute atomic E-state index is 5.93. The average Bonchev–Trinajstić information content (AvgIpc) is 1.96. The molecular formula is C12H23NO. The Morgan fingerprint density at radius 1 is 1.36 bits per heavy atom. The molecule has 0 aromatic carbocycles. The van der Waals surface area contributed by atoms with E-state index in [1.165, 1.54) is 19.3 Å². The highest BCUT2D eigenvalue weighted by molar-refractivity contribution is 5.00. The van der Waals surface area contributed by atoms with E-state index in [1.54, 1.807) is 0 Å². The van der Waals surface area contributed by atoms with Gasteiger partial charge in [-0.25, -0.2) is 0 Å². The van der Waals surface area contributed by atoms with E-state index < -0.39 is 0 Å². The summed E-state index contributed by atoms with van der Waals surface area (Å²) in [6.07, 6.45) is 4.24. The molecule has 2 nitrogen and oxygen atoms in total. The van der Waals surface area contributed by atoms with Crippen LogP contribution in [0.4, 0.5) is 0 Å². The number of hydrogen-bond donors (Lipinski definition) is 1. The van der Waals surface area contributed by atoms with E-state index in [2.05, 4.69) is 13.8 Å². The fourth-order valence-electron chi connectivity index (χ4n) is 3.24. The summed E-state index contributed by atoms with van der Waals surface area (Å²) < 4.78 is 5.47. The van der Waals surface area contributed by atoms with Gasteiger partial charge >= 0.3 is 0 Å². The van der Waals surface area contributed by atoms with Crippen molar-refractivity contribution in [1.82, 2.24) is 0 Å². The predicted octanol–water partition coefficient (Wildman–Crippen LogP) is 2.03. The zero-order valence-electron chi connectivity index (χ0n) is 9.46. The molecule has 0 bridgehead atoms. The van der Waals surface area contributed by atoms with Crippen molar-refractivity contribution in [3.05, 3.63) is 0 Å². The molecule has 1 aliphatic heterocycles. The predicted molar refractivity (Wildman–Crippen MR) is 58.0 cm³/mol. The Kier molecular flexibility index (Phi) is 2.85. The summed E-state index contributed by atoms with van der Waals surface area (Å²) in [5.74, 6) is 2.28.